The van der Waals surface area contributed by atoms with Crippen LogP contribution in [0.4, 0.5) is 22.0 Å². The van der Waals surface area contributed by atoms with Gasteiger partial charge in [0.05, 0.1) is 5.39 Å². The van der Waals surface area contributed by atoms with Gasteiger partial charge in [0.1, 0.15) is 16.9 Å². The van der Waals surface area contributed by atoms with Gasteiger partial charge in [-0.3, -0.25) is 4.79 Å². The van der Waals surface area contributed by atoms with E-state index in [2.05, 4.69) is 0 Å². The number of fused-ring (bicyclic) bond motifs is 4. The first-order chi connectivity index (χ1) is 35.6. The molecule has 0 fully saturated rings. The van der Waals surface area contributed by atoms with Gasteiger partial charge in [-0.1, -0.05) is 220 Å². The molecule has 0 unspecified atom stereocenters. The van der Waals surface area contributed by atoms with Gasteiger partial charge in [0.25, 0.3) is 0 Å². The first kappa shape index (κ1) is 54.6. The number of aromatic hydroxyl groups is 1. The molecule has 75 heavy (non-hydrogen) atoms. The second-order valence-corrected chi connectivity index (χ2v) is 23.2. The number of ketones is 1. The molecule has 9 aromatic carbocycles. The normalized spacial score (nSPS) is 12.2. The van der Waals surface area contributed by atoms with Gasteiger partial charge in [-0.05, 0) is 34.4 Å². The number of hydrogen-bond acceptors (Lipinski definition) is 6. The van der Waals surface area contributed by atoms with E-state index >= 15 is 0 Å². The molecule has 11 rings (SSSR count). The fraction of sp³-hybridized carbons (Fsp3) is 0.0492. The predicted octanol–water partition coefficient (Wildman–Crippen LogP) is 12.4. The van der Waals surface area contributed by atoms with Crippen LogP contribution in [0.2, 0.25) is 0 Å². The van der Waals surface area contributed by atoms with Crippen molar-refractivity contribution in [2.75, 3.05) is 0 Å². The Morgan fingerprint density at radius 2 is 0.760 bits per heavy atom. The molecular weight excluding hydrogens is 1140 g/mol. The van der Waals surface area contributed by atoms with E-state index in [-0.39, 0.29) is 60.3 Å². The van der Waals surface area contributed by atoms with Gasteiger partial charge in [-0.15, -0.1) is 0 Å². The van der Waals surface area contributed by atoms with Crippen molar-refractivity contribution in [1.29, 1.82) is 0 Å². The molecule has 1 aliphatic rings. The summed E-state index contributed by atoms with van der Waals surface area (Å²) in [5.74, 6) is -14.9. The Morgan fingerprint density at radius 1 is 0.440 bits per heavy atom. The zero-order valence-corrected chi connectivity index (χ0v) is 44.1. The van der Waals surface area contributed by atoms with E-state index in [0.29, 0.717) is 5.56 Å². The molecule has 0 atom stereocenters. The molecule has 1 aromatic heterocycles. The Hall–Kier alpha value is -6.65. The fourth-order valence-corrected chi connectivity index (χ4v) is 14.6. The van der Waals surface area contributed by atoms with Gasteiger partial charge < -0.3 is 18.7 Å². The minimum atomic E-state index is -2.78. The molecule has 0 aliphatic heterocycles. The summed E-state index contributed by atoms with van der Waals surface area (Å²) in [4.78, 5) is 25.3. The molecule has 0 bridgehead atoms. The molecule has 14 heteroatoms. The van der Waals surface area contributed by atoms with Crippen molar-refractivity contribution < 1.29 is 94.8 Å². The van der Waals surface area contributed by atoms with E-state index in [1.54, 1.807) is 6.07 Å². The maximum absolute atomic E-state index is 14.2. The van der Waals surface area contributed by atoms with Crippen molar-refractivity contribution in [2.24, 2.45) is 0 Å². The smallest absolute Gasteiger partial charge is 0.351 e. The Labute approximate surface area is 469 Å². The zero-order chi connectivity index (χ0) is 52.4. The van der Waals surface area contributed by atoms with E-state index in [1.807, 2.05) is 214 Å². The van der Waals surface area contributed by atoms with Crippen molar-refractivity contribution in [2.45, 2.75) is 19.3 Å². The Morgan fingerprint density at radius 3 is 1.12 bits per heavy atom. The van der Waals surface area contributed by atoms with E-state index in [0.717, 1.165) is 48.5 Å². The van der Waals surface area contributed by atoms with Crippen LogP contribution in [0, 0.1) is 78.5 Å². The van der Waals surface area contributed by atoms with Crippen LogP contribution in [-0.4, -0.2) is 10.9 Å². The quantitative estimate of drug-likeness (QED) is 0.0406. The third-order valence-electron chi connectivity index (χ3n) is 13.0. The summed E-state index contributed by atoms with van der Waals surface area (Å²) < 4.78 is 102. The third-order valence-corrected chi connectivity index (χ3v) is 19.1. The van der Waals surface area contributed by atoms with E-state index in [9.17, 15) is 45.8 Å². The molecule has 1 N–H and O–H groups in total. The predicted molar refractivity (Wildman–Crippen MR) is 283 cm³/mol. The average Bonchev–Trinajstić information content (AvgIpc) is 3.67. The molecule has 375 valence electrons. The summed E-state index contributed by atoms with van der Waals surface area (Å²) in [6, 6.07) is 68.7. The summed E-state index contributed by atoms with van der Waals surface area (Å²) in [5.41, 5.74) is -2.01. The zero-order valence-electron chi connectivity index (χ0n) is 39.9. The van der Waals surface area contributed by atoms with Crippen LogP contribution >= 0.6 is 14.3 Å². The molecule has 0 saturated heterocycles. The van der Waals surface area contributed by atoms with Crippen LogP contribution < -0.4 is 37.5 Å². The van der Waals surface area contributed by atoms with Crippen molar-refractivity contribution in [3.05, 3.63) is 280 Å². The Bertz CT molecular complexity index is 3500. The molecular formula is C61H43EuF5O6P2. The second kappa shape index (κ2) is 22.7. The standard InChI is InChI=1S/C25H13F5O4.2C18H15OP.Eu/c1-25(2)12-6-4-3-5-9(12)10-7-11-14(8-13(10)25)34-24(33)16(22(11)31)23(32)15-17(26)19(28)21(30)20(29)18(15)27;2*19-20(16-10-4-1-5-11-16,17-12-6-2-7-13-17)18-14-8-3-9-15-18;/h3-8,31H,1-2H3;2*1-15H;. The number of carbonyl (C=O) groups is 1. The van der Waals surface area contributed by atoms with Crippen LogP contribution in [0.3, 0.4) is 0 Å². The first-order valence-electron chi connectivity index (χ1n) is 23.1. The maximum atomic E-state index is 14.2. The summed E-state index contributed by atoms with van der Waals surface area (Å²) in [5, 5.41) is 15.9. The number of halogens is 5. The molecule has 1 radical (unpaired) electrons. The summed E-state index contributed by atoms with van der Waals surface area (Å²) in [7, 11) is -5.55. The second-order valence-electron chi connectivity index (χ2n) is 17.7. The van der Waals surface area contributed by atoms with Crippen LogP contribution in [0.5, 0.6) is 5.75 Å². The van der Waals surface area contributed by atoms with E-state index < -0.39 is 77.1 Å². The van der Waals surface area contributed by atoms with Crippen LogP contribution in [0.1, 0.15) is 40.9 Å². The third kappa shape index (κ3) is 10.2. The van der Waals surface area contributed by atoms with Gasteiger partial charge in [0.2, 0.25) is 11.6 Å². The van der Waals surface area contributed by atoms with Crippen LogP contribution in [-0.2, 0) is 14.5 Å². The van der Waals surface area contributed by atoms with Gasteiger partial charge in [0.15, 0.2) is 43.1 Å². The number of carbonyl (C=O) groups excluding carboxylic acids is 1. The monoisotopic (exact) mass is 1180 g/mol. The Balaban J connectivity index is 0.000000157. The van der Waals surface area contributed by atoms with Gasteiger partial charge in [-0.2, -0.15) is 0 Å². The molecule has 0 spiro atoms. The maximum Gasteiger partial charge on any atom is 0.351 e. The molecule has 0 saturated carbocycles. The van der Waals surface area contributed by atoms with Crippen molar-refractivity contribution >= 4 is 62.9 Å². The van der Waals surface area contributed by atoms with Crippen molar-refractivity contribution in [1.82, 2.24) is 0 Å². The van der Waals surface area contributed by atoms with E-state index in [4.69, 9.17) is 4.42 Å². The van der Waals surface area contributed by atoms with Crippen molar-refractivity contribution in [3.8, 4) is 16.9 Å². The average molecular weight is 1180 g/mol. The molecule has 1 aliphatic carbocycles. The largest absolute Gasteiger partial charge is 0.506 e. The fourth-order valence-electron chi connectivity index (χ4n) is 9.23. The number of rotatable bonds is 8. The summed E-state index contributed by atoms with van der Waals surface area (Å²) in [6.07, 6.45) is 0. The van der Waals surface area contributed by atoms with E-state index in [1.165, 1.54) is 12.1 Å². The summed E-state index contributed by atoms with van der Waals surface area (Å²) >= 11 is 0. The van der Waals surface area contributed by atoms with Crippen molar-refractivity contribution in [3.63, 3.8) is 0 Å². The SMILES string of the molecule is CC1(C)c2ccccc2-c2cc3c(O)c(C(=O)c4c(F)c(F)c(F)c(F)c4F)c(=O)oc3cc21.O=P(c1ccccc1)(c1ccccc1)c1ccccc1.O=P(c1ccccc1)(c1ccccc1)c1ccccc1.[Eu]. The van der Waals surface area contributed by atoms with Crippen LogP contribution in [0.15, 0.2) is 228 Å². The molecule has 6 nitrogen and oxygen atoms in total. The Kier molecular flexibility index (Phi) is 16.5. The molecule has 10 aromatic rings. The summed E-state index contributed by atoms with van der Waals surface area (Å²) in [6.45, 7) is 3.89. The number of hydrogen-bond donors (Lipinski definition) is 1. The first-order valence-corrected chi connectivity index (χ1v) is 26.6. The van der Waals surface area contributed by atoms with Gasteiger partial charge in [0, 0.05) is 86.6 Å². The topological polar surface area (TPSA) is 102 Å². The van der Waals surface area contributed by atoms with Crippen LogP contribution in [0.25, 0.3) is 22.1 Å². The minimum absolute atomic E-state index is 0. The molecule has 1 heterocycles. The number of benzene rings is 9. The molecule has 0 amide bonds. The van der Waals surface area contributed by atoms with Gasteiger partial charge >= 0.3 is 5.63 Å². The van der Waals surface area contributed by atoms with Gasteiger partial charge in [-0.25, -0.2) is 26.7 Å². The minimum Gasteiger partial charge on any atom is -0.506 e.